The molecule has 9 heteroatoms. The van der Waals surface area contributed by atoms with Crippen molar-refractivity contribution in [2.24, 2.45) is 0 Å². The zero-order chi connectivity index (χ0) is 20.2. The SMILES string of the molecule is COc1cccc(-c2nc(Nc3ccnc(NCCI)c3)c3c(C)ccn3n2)n1. The van der Waals surface area contributed by atoms with Gasteiger partial charge in [-0.05, 0) is 30.7 Å². The number of ether oxygens (including phenoxy) is 1. The monoisotopic (exact) mass is 501 g/mol. The van der Waals surface area contributed by atoms with Crippen LogP contribution < -0.4 is 15.4 Å². The molecule has 29 heavy (non-hydrogen) atoms. The maximum atomic E-state index is 5.24. The number of aromatic nitrogens is 5. The Hall–Kier alpha value is -2.95. The maximum absolute atomic E-state index is 5.24. The Morgan fingerprint density at radius 3 is 2.90 bits per heavy atom. The van der Waals surface area contributed by atoms with Crippen LogP contribution in [0.3, 0.4) is 0 Å². The van der Waals surface area contributed by atoms with E-state index in [9.17, 15) is 0 Å². The number of anilines is 3. The molecule has 0 unspecified atom stereocenters. The lowest BCUT2D eigenvalue weighted by Crippen LogP contribution is -2.06. The zero-order valence-electron chi connectivity index (χ0n) is 16.1. The highest BCUT2D eigenvalue weighted by atomic mass is 127. The second kappa shape index (κ2) is 8.60. The van der Waals surface area contributed by atoms with Crippen molar-refractivity contribution in [1.82, 2.24) is 24.6 Å². The van der Waals surface area contributed by atoms with Crippen molar-refractivity contribution in [3.8, 4) is 17.4 Å². The topological polar surface area (TPSA) is 89.3 Å². The van der Waals surface area contributed by atoms with E-state index >= 15 is 0 Å². The van der Waals surface area contributed by atoms with Gasteiger partial charge < -0.3 is 15.4 Å². The van der Waals surface area contributed by atoms with Crippen LogP contribution in [-0.4, -0.2) is 42.6 Å². The van der Waals surface area contributed by atoms with Crippen molar-refractivity contribution in [2.75, 3.05) is 28.7 Å². The fraction of sp³-hybridized carbons (Fsp3) is 0.200. The van der Waals surface area contributed by atoms with Crippen LogP contribution in [0.1, 0.15) is 5.56 Å². The lowest BCUT2D eigenvalue weighted by atomic mass is 10.3. The second-order valence-electron chi connectivity index (χ2n) is 6.31. The second-order valence-corrected chi connectivity index (χ2v) is 7.39. The van der Waals surface area contributed by atoms with Crippen LogP contribution >= 0.6 is 22.6 Å². The molecule has 0 bridgehead atoms. The van der Waals surface area contributed by atoms with E-state index in [-0.39, 0.29) is 0 Å². The Bertz CT molecular complexity index is 1140. The van der Waals surface area contributed by atoms with Gasteiger partial charge in [0.1, 0.15) is 17.0 Å². The quantitative estimate of drug-likeness (QED) is 0.291. The number of hydrogen-bond acceptors (Lipinski definition) is 7. The first-order chi connectivity index (χ1) is 14.2. The van der Waals surface area contributed by atoms with Crippen LogP contribution in [0.15, 0.2) is 48.8 Å². The van der Waals surface area contributed by atoms with Gasteiger partial charge in [0.25, 0.3) is 0 Å². The predicted octanol–water partition coefficient (Wildman–Crippen LogP) is 4.09. The van der Waals surface area contributed by atoms with Crippen molar-refractivity contribution >= 4 is 45.4 Å². The van der Waals surface area contributed by atoms with Gasteiger partial charge in [-0.3, -0.25) is 0 Å². The Morgan fingerprint density at radius 1 is 1.17 bits per heavy atom. The molecule has 2 N–H and O–H groups in total. The molecule has 4 rings (SSSR count). The van der Waals surface area contributed by atoms with E-state index in [4.69, 9.17) is 9.72 Å². The number of methoxy groups -OCH3 is 1. The fourth-order valence-corrected chi connectivity index (χ4v) is 3.21. The molecule has 0 aromatic carbocycles. The molecule has 8 nitrogen and oxygen atoms in total. The number of fused-ring (bicyclic) bond motifs is 1. The van der Waals surface area contributed by atoms with Crippen LogP contribution in [0.5, 0.6) is 5.88 Å². The summed E-state index contributed by atoms with van der Waals surface area (Å²) in [7, 11) is 1.59. The van der Waals surface area contributed by atoms with Gasteiger partial charge in [0.2, 0.25) is 11.7 Å². The van der Waals surface area contributed by atoms with Crippen LogP contribution in [0.25, 0.3) is 17.0 Å². The first kappa shape index (κ1) is 19.4. The first-order valence-corrected chi connectivity index (χ1v) is 10.6. The van der Waals surface area contributed by atoms with Crippen molar-refractivity contribution in [1.29, 1.82) is 0 Å². The molecular weight excluding hydrogens is 481 g/mol. The van der Waals surface area contributed by atoms with E-state index in [0.29, 0.717) is 23.2 Å². The van der Waals surface area contributed by atoms with Crippen LogP contribution in [0.2, 0.25) is 0 Å². The number of halogens is 1. The molecule has 4 aromatic rings. The molecule has 0 aliphatic rings. The summed E-state index contributed by atoms with van der Waals surface area (Å²) in [6.45, 7) is 2.89. The molecule has 0 saturated heterocycles. The van der Waals surface area contributed by atoms with Gasteiger partial charge in [0.05, 0.1) is 7.11 Å². The van der Waals surface area contributed by atoms with Gasteiger partial charge in [0, 0.05) is 41.2 Å². The number of nitrogens with zero attached hydrogens (tertiary/aromatic N) is 5. The fourth-order valence-electron chi connectivity index (χ4n) is 2.94. The summed E-state index contributed by atoms with van der Waals surface area (Å²) in [6.07, 6.45) is 3.69. The third kappa shape index (κ3) is 4.24. The summed E-state index contributed by atoms with van der Waals surface area (Å²) < 4.78 is 8.06. The number of alkyl halides is 1. The number of nitrogens with one attached hydrogen (secondary N) is 2. The highest BCUT2D eigenvalue weighted by Crippen LogP contribution is 2.26. The van der Waals surface area contributed by atoms with Gasteiger partial charge in [-0.15, -0.1) is 5.10 Å². The maximum Gasteiger partial charge on any atom is 0.213 e. The average molecular weight is 501 g/mol. The third-order valence-corrected chi connectivity index (χ3v) is 4.84. The Labute approximate surface area is 181 Å². The van der Waals surface area contributed by atoms with Crippen LogP contribution in [-0.2, 0) is 0 Å². The van der Waals surface area contributed by atoms with Gasteiger partial charge in [-0.1, -0.05) is 28.7 Å². The Kier molecular flexibility index (Phi) is 5.74. The highest BCUT2D eigenvalue weighted by Gasteiger charge is 2.14. The standard InChI is InChI=1S/C20H20IN7O/c1-13-7-11-28-18(13)20(24-14-6-9-22-16(12-14)23-10-8-21)26-19(27-28)15-4-3-5-17(25-15)29-2/h3-7,9,11-12H,8,10H2,1-2H3,(H2,22,23,24,26,27). The van der Waals surface area contributed by atoms with E-state index in [0.717, 1.165) is 33.6 Å². The summed E-state index contributed by atoms with van der Waals surface area (Å²) >= 11 is 2.33. The minimum Gasteiger partial charge on any atom is -0.481 e. The van der Waals surface area contributed by atoms with Gasteiger partial charge >= 0.3 is 0 Å². The minimum atomic E-state index is 0.506. The highest BCUT2D eigenvalue weighted by molar-refractivity contribution is 14.1. The molecule has 0 fully saturated rings. The van der Waals surface area contributed by atoms with Crippen molar-refractivity contribution < 1.29 is 4.74 Å². The molecule has 4 aromatic heterocycles. The average Bonchev–Trinajstić information content (AvgIpc) is 3.13. The minimum absolute atomic E-state index is 0.506. The molecular formula is C20H20IN7O. The van der Waals surface area contributed by atoms with Crippen LogP contribution in [0, 0.1) is 6.92 Å². The lowest BCUT2D eigenvalue weighted by Gasteiger charge is -2.12. The molecule has 148 valence electrons. The van der Waals surface area contributed by atoms with Crippen LogP contribution in [0.4, 0.5) is 17.3 Å². The number of pyridine rings is 2. The van der Waals surface area contributed by atoms with Gasteiger partial charge in [-0.2, -0.15) is 0 Å². The van der Waals surface area contributed by atoms with Gasteiger partial charge in [0.15, 0.2) is 5.82 Å². The summed E-state index contributed by atoms with van der Waals surface area (Å²) in [5, 5.41) is 11.3. The summed E-state index contributed by atoms with van der Waals surface area (Å²) in [5.41, 5.74) is 3.52. The summed E-state index contributed by atoms with van der Waals surface area (Å²) in [5.74, 6) is 2.54. The predicted molar refractivity (Wildman–Crippen MR) is 122 cm³/mol. The molecule has 0 amide bonds. The first-order valence-electron chi connectivity index (χ1n) is 9.08. The zero-order valence-corrected chi connectivity index (χ0v) is 18.2. The number of hydrogen-bond donors (Lipinski definition) is 2. The summed E-state index contributed by atoms with van der Waals surface area (Å²) in [4.78, 5) is 13.6. The van der Waals surface area contributed by atoms with Crippen molar-refractivity contribution in [2.45, 2.75) is 6.92 Å². The van der Waals surface area contributed by atoms with Gasteiger partial charge in [-0.25, -0.2) is 19.5 Å². The molecule has 0 radical (unpaired) electrons. The van der Waals surface area contributed by atoms with E-state index in [1.54, 1.807) is 19.4 Å². The smallest absolute Gasteiger partial charge is 0.213 e. The normalized spacial score (nSPS) is 10.9. The molecule has 0 aliphatic heterocycles. The van der Waals surface area contributed by atoms with Crippen molar-refractivity contribution in [3.63, 3.8) is 0 Å². The number of rotatable bonds is 7. The van der Waals surface area contributed by atoms with Crippen molar-refractivity contribution in [3.05, 3.63) is 54.4 Å². The lowest BCUT2D eigenvalue weighted by molar-refractivity contribution is 0.398. The largest absolute Gasteiger partial charge is 0.481 e. The molecule has 0 saturated carbocycles. The molecule has 0 spiro atoms. The van der Waals surface area contributed by atoms with E-state index in [2.05, 4.69) is 48.3 Å². The van der Waals surface area contributed by atoms with E-state index in [1.807, 2.05) is 48.0 Å². The molecule has 4 heterocycles. The van der Waals surface area contributed by atoms with E-state index < -0.39 is 0 Å². The van der Waals surface area contributed by atoms with E-state index in [1.165, 1.54) is 0 Å². The Morgan fingerprint density at radius 2 is 2.07 bits per heavy atom. The third-order valence-electron chi connectivity index (χ3n) is 4.30. The Balaban J connectivity index is 1.76. The summed E-state index contributed by atoms with van der Waals surface area (Å²) in [6, 6.07) is 11.4. The number of aryl methyl sites for hydroxylation is 1. The molecule has 0 atom stereocenters. The molecule has 0 aliphatic carbocycles.